The molecule has 0 bridgehead atoms. The van der Waals surface area contributed by atoms with Gasteiger partial charge in [0.15, 0.2) is 0 Å². The Hall–Kier alpha value is -2.46. The van der Waals surface area contributed by atoms with Crippen LogP contribution in [0.5, 0.6) is 0 Å². The van der Waals surface area contributed by atoms with Crippen LogP contribution >= 0.6 is 11.6 Å². The van der Waals surface area contributed by atoms with Crippen molar-refractivity contribution in [3.05, 3.63) is 77.2 Å². The molecule has 5 heteroatoms. The summed E-state index contributed by atoms with van der Waals surface area (Å²) in [6.45, 7) is 1.50. The minimum absolute atomic E-state index is 0.746. The molecule has 24 heavy (non-hydrogen) atoms. The van der Waals surface area contributed by atoms with Gasteiger partial charge in [-0.15, -0.1) is 0 Å². The molecule has 4 nitrogen and oxygen atoms in total. The van der Waals surface area contributed by atoms with E-state index in [4.69, 9.17) is 11.6 Å². The minimum atomic E-state index is 0.746. The molecule has 0 spiro atoms. The Labute approximate surface area is 147 Å². The fraction of sp³-hybridized carbons (Fsp3) is 0.211. The van der Waals surface area contributed by atoms with Crippen molar-refractivity contribution >= 4 is 23.1 Å². The van der Waals surface area contributed by atoms with Crippen molar-refractivity contribution in [3.63, 3.8) is 0 Å². The van der Waals surface area contributed by atoms with Gasteiger partial charge in [0.2, 0.25) is 0 Å². The van der Waals surface area contributed by atoms with Crippen LogP contribution in [-0.4, -0.2) is 23.6 Å². The van der Waals surface area contributed by atoms with E-state index in [0.29, 0.717) is 0 Å². The average molecular weight is 341 g/mol. The predicted octanol–water partition coefficient (Wildman–Crippen LogP) is 4.26. The monoisotopic (exact) mass is 340 g/mol. The van der Waals surface area contributed by atoms with E-state index in [1.807, 2.05) is 49.4 Å². The molecule has 0 fully saturated rings. The quantitative estimate of drug-likeness (QED) is 0.727. The summed E-state index contributed by atoms with van der Waals surface area (Å²) in [5.41, 5.74) is 3.58. The Morgan fingerprint density at radius 2 is 1.88 bits per heavy atom. The average Bonchev–Trinajstić information content (AvgIpc) is 3.01. The molecule has 0 aliphatic rings. The summed E-state index contributed by atoms with van der Waals surface area (Å²) >= 11 is 6.03. The van der Waals surface area contributed by atoms with E-state index < -0.39 is 0 Å². The first-order valence-electron chi connectivity index (χ1n) is 7.86. The number of nitrogens with one attached hydrogen (secondary N) is 1. The summed E-state index contributed by atoms with van der Waals surface area (Å²) in [4.78, 5) is 6.52. The van der Waals surface area contributed by atoms with Crippen molar-refractivity contribution < 1.29 is 0 Å². The number of imidazole rings is 1. The van der Waals surface area contributed by atoms with Gasteiger partial charge in [-0.25, -0.2) is 4.98 Å². The maximum atomic E-state index is 6.03. The maximum Gasteiger partial charge on any atom is 0.144 e. The third-order valence-electron chi connectivity index (χ3n) is 3.79. The number of anilines is 2. The number of nitrogens with zero attached hydrogens (tertiary/aromatic N) is 3. The first-order chi connectivity index (χ1) is 11.6. The molecular weight excluding hydrogens is 320 g/mol. The third-order valence-corrected chi connectivity index (χ3v) is 4.02. The zero-order valence-electron chi connectivity index (χ0n) is 13.9. The van der Waals surface area contributed by atoms with E-state index in [1.54, 1.807) is 0 Å². The topological polar surface area (TPSA) is 33.1 Å². The van der Waals surface area contributed by atoms with Gasteiger partial charge in [0.25, 0.3) is 0 Å². The molecule has 1 aromatic heterocycles. The Bertz CT molecular complexity index is 810. The van der Waals surface area contributed by atoms with Gasteiger partial charge in [0.05, 0.1) is 6.33 Å². The van der Waals surface area contributed by atoms with Crippen LogP contribution in [0.4, 0.5) is 11.5 Å². The zero-order chi connectivity index (χ0) is 16.9. The van der Waals surface area contributed by atoms with Crippen LogP contribution in [0.3, 0.4) is 0 Å². The Kier molecular flexibility index (Phi) is 5.06. The van der Waals surface area contributed by atoms with Gasteiger partial charge in [0.1, 0.15) is 5.82 Å². The van der Waals surface area contributed by atoms with Crippen LogP contribution in [0.2, 0.25) is 5.02 Å². The Balaban J connectivity index is 1.61. The van der Waals surface area contributed by atoms with Crippen molar-refractivity contribution in [1.82, 2.24) is 9.55 Å². The summed E-state index contributed by atoms with van der Waals surface area (Å²) < 4.78 is 2.05. The molecule has 0 aliphatic heterocycles. The maximum absolute atomic E-state index is 6.03. The standard InChI is InChI=1S/C19H21ClN4/c1-23(2)18-8-4-5-15(10-18)11-21-19-13-24(14-22-19)12-16-6-3-7-17(20)9-16/h3-10,13-14,21H,11-12H2,1-2H3. The van der Waals surface area contributed by atoms with Gasteiger partial charge in [0, 0.05) is 44.1 Å². The second kappa shape index (κ2) is 7.41. The van der Waals surface area contributed by atoms with E-state index in [1.165, 1.54) is 11.3 Å². The molecule has 0 saturated heterocycles. The molecular formula is C19H21ClN4. The van der Waals surface area contributed by atoms with Crippen molar-refractivity contribution in [2.75, 3.05) is 24.3 Å². The van der Waals surface area contributed by atoms with E-state index in [-0.39, 0.29) is 0 Å². The minimum Gasteiger partial charge on any atom is -0.378 e. The van der Waals surface area contributed by atoms with Crippen LogP contribution < -0.4 is 10.2 Å². The highest BCUT2D eigenvalue weighted by atomic mass is 35.5. The lowest BCUT2D eigenvalue weighted by atomic mass is 10.2. The largest absolute Gasteiger partial charge is 0.378 e. The highest BCUT2D eigenvalue weighted by Crippen LogP contribution is 2.16. The Morgan fingerprint density at radius 1 is 1.08 bits per heavy atom. The molecule has 3 aromatic rings. The van der Waals surface area contributed by atoms with Crippen molar-refractivity contribution in [2.24, 2.45) is 0 Å². The van der Waals surface area contributed by atoms with E-state index in [9.17, 15) is 0 Å². The van der Waals surface area contributed by atoms with Crippen molar-refractivity contribution in [2.45, 2.75) is 13.1 Å². The lowest BCUT2D eigenvalue weighted by molar-refractivity contribution is 0.797. The fourth-order valence-electron chi connectivity index (χ4n) is 2.52. The van der Waals surface area contributed by atoms with Gasteiger partial charge in [-0.3, -0.25) is 0 Å². The van der Waals surface area contributed by atoms with Gasteiger partial charge in [-0.1, -0.05) is 35.9 Å². The third kappa shape index (κ3) is 4.30. The molecule has 1 heterocycles. The number of hydrogen-bond acceptors (Lipinski definition) is 3. The summed E-state index contributed by atoms with van der Waals surface area (Å²) in [5, 5.41) is 4.12. The van der Waals surface area contributed by atoms with Gasteiger partial charge in [-0.2, -0.15) is 0 Å². The number of aromatic nitrogens is 2. The fourth-order valence-corrected chi connectivity index (χ4v) is 2.73. The molecule has 1 N–H and O–H groups in total. The normalized spacial score (nSPS) is 10.6. The SMILES string of the molecule is CN(C)c1cccc(CNc2cn(Cc3cccc(Cl)c3)cn2)c1. The number of rotatable bonds is 6. The number of hydrogen-bond donors (Lipinski definition) is 1. The van der Waals surface area contributed by atoms with Gasteiger partial charge in [-0.05, 0) is 35.4 Å². The lowest BCUT2D eigenvalue weighted by Gasteiger charge is -2.13. The van der Waals surface area contributed by atoms with Crippen LogP contribution in [0.1, 0.15) is 11.1 Å². The van der Waals surface area contributed by atoms with Crippen LogP contribution in [0.15, 0.2) is 61.1 Å². The molecule has 0 amide bonds. The summed E-state index contributed by atoms with van der Waals surface area (Å²) in [7, 11) is 4.09. The van der Waals surface area contributed by atoms with E-state index in [2.05, 4.69) is 45.5 Å². The second-order valence-corrected chi connectivity index (χ2v) is 6.42. The molecule has 2 aromatic carbocycles. The summed E-state index contributed by atoms with van der Waals surface area (Å²) in [6.07, 6.45) is 3.84. The first kappa shape index (κ1) is 16.4. The first-order valence-corrected chi connectivity index (χ1v) is 8.24. The van der Waals surface area contributed by atoms with Crippen molar-refractivity contribution in [3.8, 4) is 0 Å². The number of halogens is 1. The van der Waals surface area contributed by atoms with Gasteiger partial charge >= 0.3 is 0 Å². The lowest BCUT2D eigenvalue weighted by Crippen LogP contribution is -2.09. The highest BCUT2D eigenvalue weighted by Gasteiger charge is 2.02. The summed E-state index contributed by atoms with van der Waals surface area (Å²) in [5.74, 6) is 0.868. The Morgan fingerprint density at radius 3 is 2.67 bits per heavy atom. The second-order valence-electron chi connectivity index (χ2n) is 5.98. The highest BCUT2D eigenvalue weighted by molar-refractivity contribution is 6.30. The van der Waals surface area contributed by atoms with Gasteiger partial charge < -0.3 is 14.8 Å². The van der Waals surface area contributed by atoms with Crippen molar-refractivity contribution in [1.29, 1.82) is 0 Å². The molecule has 0 atom stereocenters. The molecule has 0 unspecified atom stereocenters. The number of benzene rings is 2. The van der Waals surface area contributed by atoms with Crippen LogP contribution in [0, 0.1) is 0 Å². The smallest absolute Gasteiger partial charge is 0.144 e. The molecule has 0 saturated carbocycles. The van der Waals surface area contributed by atoms with Crippen LogP contribution in [0.25, 0.3) is 0 Å². The molecule has 3 rings (SSSR count). The predicted molar refractivity (Wildman–Crippen MR) is 101 cm³/mol. The van der Waals surface area contributed by atoms with E-state index >= 15 is 0 Å². The molecule has 0 aliphatic carbocycles. The molecule has 124 valence electrons. The van der Waals surface area contributed by atoms with Crippen LogP contribution in [-0.2, 0) is 13.1 Å². The van der Waals surface area contributed by atoms with E-state index in [0.717, 1.165) is 29.5 Å². The zero-order valence-corrected chi connectivity index (χ0v) is 14.7. The molecule has 0 radical (unpaired) electrons. The summed E-state index contributed by atoms with van der Waals surface area (Å²) in [6, 6.07) is 16.3.